The van der Waals surface area contributed by atoms with Crippen molar-refractivity contribution in [3.8, 4) is 23.0 Å². The Hall–Kier alpha value is -4.18. The molecule has 198 valence electrons. The predicted molar refractivity (Wildman–Crippen MR) is 141 cm³/mol. The van der Waals surface area contributed by atoms with Gasteiger partial charge in [-0.25, -0.2) is 4.98 Å². The zero-order chi connectivity index (χ0) is 26.6. The Kier molecular flexibility index (Phi) is 7.41. The number of amides is 1. The van der Waals surface area contributed by atoms with Gasteiger partial charge in [0, 0.05) is 55.6 Å². The summed E-state index contributed by atoms with van der Waals surface area (Å²) in [6.45, 7) is 3.39. The van der Waals surface area contributed by atoms with Gasteiger partial charge in [-0.05, 0) is 44.0 Å². The molecule has 0 bridgehead atoms. The molecule has 3 aromatic rings. The maximum atomic E-state index is 13.0. The van der Waals surface area contributed by atoms with Gasteiger partial charge in [-0.3, -0.25) is 14.6 Å². The first-order valence-corrected chi connectivity index (χ1v) is 12.5. The van der Waals surface area contributed by atoms with Gasteiger partial charge in [0.1, 0.15) is 17.3 Å². The van der Waals surface area contributed by atoms with E-state index in [1.165, 1.54) is 6.20 Å². The molecule has 2 aliphatic heterocycles. The first-order valence-electron chi connectivity index (χ1n) is 12.5. The van der Waals surface area contributed by atoms with Gasteiger partial charge in [-0.2, -0.15) is 0 Å². The van der Waals surface area contributed by atoms with Crippen LogP contribution in [-0.4, -0.2) is 66.1 Å². The fourth-order valence-electron chi connectivity index (χ4n) is 4.83. The number of hydrogen-bond acceptors (Lipinski definition) is 9. The van der Waals surface area contributed by atoms with Crippen LogP contribution in [0.4, 0.5) is 5.82 Å². The number of rotatable bonds is 7. The summed E-state index contributed by atoms with van der Waals surface area (Å²) < 4.78 is 22.3. The number of methoxy groups -OCH3 is 2. The Balaban J connectivity index is 1.30. The van der Waals surface area contributed by atoms with Crippen LogP contribution in [0.2, 0.25) is 0 Å². The number of aromatic nitrogens is 2. The number of benzene rings is 1. The number of ether oxygens (including phenoxy) is 4. The molecule has 5 rings (SSSR count). The monoisotopic (exact) mass is 518 g/mol. The third-order valence-electron chi connectivity index (χ3n) is 6.84. The van der Waals surface area contributed by atoms with Crippen molar-refractivity contribution in [2.24, 2.45) is 0 Å². The van der Waals surface area contributed by atoms with Crippen molar-refractivity contribution in [1.29, 1.82) is 0 Å². The van der Waals surface area contributed by atoms with Crippen LogP contribution in [0.15, 0.2) is 54.5 Å². The second kappa shape index (κ2) is 11.1. The first-order chi connectivity index (χ1) is 18.5. The summed E-state index contributed by atoms with van der Waals surface area (Å²) in [6, 6.07) is 8.96. The average Bonchev–Trinajstić information content (AvgIpc) is 2.94. The zero-order valence-electron chi connectivity index (χ0n) is 21.6. The molecule has 2 aromatic heterocycles. The van der Waals surface area contributed by atoms with Crippen molar-refractivity contribution in [3.63, 3.8) is 0 Å². The Morgan fingerprint density at radius 1 is 1.05 bits per heavy atom. The highest BCUT2D eigenvalue weighted by molar-refractivity contribution is 6.23. The largest absolute Gasteiger partial charge is 0.493 e. The number of nitrogens with one attached hydrogen (secondary N) is 1. The van der Waals surface area contributed by atoms with Crippen molar-refractivity contribution >= 4 is 28.4 Å². The highest BCUT2D eigenvalue weighted by Crippen LogP contribution is 2.37. The van der Waals surface area contributed by atoms with E-state index in [1.54, 1.807) is 56.9 Å². The molecule has 1 unspecified atom stereocenters. The van der Waals surface area contributed by atoms with Crippen molar-refractivity contribution in [3.05, 3.63) is 54.5 Å². The SMILES string of the molecule is COc1cc2nccc(Oc3ccc(NC(=O)C4=CN(C5CCOCC5)C(C)CC4=O)nc3)c2cc1OC. The summed E-state index contributed by atoms with van der Waals surface area (Å²) in [5.41, 5.74) is 0.830. The van der Waals surface area contributed by atoms with E-state index < -0.39 is 5.91 Å². The van der Waals surface area contributed by atoms with Crippen LogP contribution >= 0.6 is 0 Å². The van der Waals surface area contributed by atoms with Crippen LogP contribution < -0.4 is 19.5 Å². The second-order valence-electron chi connectivity index (χ2n) is 9.28. The van der Waals surface area contributed by atoms with E-state index in [0.717, 1.165) is 18.2 Å². The number of pyridine rings is 2. The molecule has 1 atom stereocenters. The standard InChI is InChI=1S/C28H30N4O6/c1-17-12-23(33)21(16-32(17)18-7-10-37-11-8-18)28(34)31-27-5-4-19(15-30-27)38-24-6-9-29-22-14-26(36-3)25(35-2)13-20(22)24/h4-6,9,13-18H,7-8,10-12H2,1-3H3,(H,30,31,34). The van der Waals surface area contributed by atoms with Crippen LogP contribution in [0.25, 0.3) is 10.9 Å². The number of Topliss-reactive ketones (excluding diaryl/α,β-unsaturated/α-hetero) is 1. The lowest BCUT2D eigenvalue weighted by Crippen LogP contribution is -2.46. The third kappa shape index (κ3) is 5.26. The molecule has 1 saturated heterocycles. The van der Waals surface area contributed by atoms with E-state index in [4.69, 9.17) is 18.9 Å². The minimum atomic E-state index is -0.471. The predicted octanol–water partition coefficient (Wildman–Crippen LogP) is 4.10. The summed E-state index contributed by atoms with van der Waals surface area (Å²) in [5.74, 6) is 1.84. The quantitative estimate of drug-likeness (QED) is 0.462. The molecule has 1 N–H and O–H groups in total. The topological polar surface area (TPSA) is 112 Å². The van der Waals surface area contributed by atoms with Crippen molar-refractivity contribution in [2.75, 3.05) is 32.8 Å². The van der Waals surface area contributed by atoms with E-state index in [1.807, 2.05) is 6.92 Å². The maximum absolute atomic E-state index is 13.0. The second-order valence-corrected chi connectivity index (χ2v) is 9.28. The highest BCUT2D eigenvalue weighted by Gasteiger charge is 2.33. The summed E-state index contributed by atoms with van der Waals surface area (Å²) >= 11 is 0. The fourth-order valence-corrected chi connectivity index (χ4v) is 4.83. The summed E-state index contributed by atoms with van der Waals surface area (Å²) in [7, 11) is 3.14. The molecule has 0 saturated carbocycles. The van der Waals surface area contributed by atoms with Gasteiger partial charge in [-0.15, -0.1) is 0 Å². The zero-order valence-corrected chi connectivity index (χ0v) is 21.6. The first kappa shape index (κ1) is 25.5. The van der Waals surface area contributed by atoms with E-state index in [0.29, 0.717) is 54.0 Å². The maximum Gasteiger partial charge on any atom is 0.261 e. The summed E-state index contributed by atoms with van der Waals surface area (Å²) in [4.78, 5) is 36.5. The molecule has 38 heavy (non-hydrogen) atoms. The lowest BCUT2D eigenvalue weighted by atomic mass is 9.95. The van der Waals surface area contributed by atoms with Gasteiger partial charge in [0.2, 0.25) is 0 Å². The van der Waals surface area contributed by atoms with Crippen molar-refractivity contribution < 1.29 is 28.5 Å². The number of hydrogen-bond donors (Lipinski definition) is 1. The third-order valence-corrected chi connectivity index (χ3v) is 6.84. The van der Waals surface area contributed by atoms with Gasteiger partial charge in [0.15, 0.2) is 17.3 Å². The summed E-state index contributed by atoms with van der Waals surface area (Å²) in [6.07, 6.45) is 6.91. The van der Waals surface area contributed by atoms with Crippen LogP contribution in [0, 0.1) is 0 Å². The average molecular weight is 519 g/mol. The molecule has 10 nitrogen and oxygen atoms in total. The minimum Gasteiger partial charge on any atom is -0.493 e. The smallest absolute Gasteiger partial charge is 0.261 e. The molecule has 1 fully saturated rings. The molecule has 1 aromatic carbocycles. The molecule has 0 spiro atoms. The Morgan fingerprint density at radius 3 is 2.53 bits per heavy atom. The number of carbonyl (C=O) groups is 2. The number of ketones is 1. The number of anilines is 1. The van der Waals surface area contributed by atoms with Crippen LogP contribution in [-0.2, 0) is 14.3 Å². The lowest BCUT2D eigenvalue weighted by molar-refractivity contribution is -0.122. The molecule has 2 aliphatic rings. The molecular weight excluding hydrogens is 488 g/mol. The van der Waals surface area contributed by atoms with Crippen molar-refractivity contribution in [2.45, 2.75) is 38.3 Å². The Bertz CT molecular complexity index is 1370. The van der Waals surface area contributed by atoms with E-state index in [9.17, 15) is 9.59 Å². The van der Waals surface area contributed by atoms with Crippen LogP contribution in [0.5, 0.6) is 23.0 Å². The van der Waals surface area contributed by atoms with E-state index in [2.05, 4.69) is 20.2 Å². The molecule has 1 amide bonds. The molecule has 4 heterocycles. The van der Waals surface area contributed by atoms with Crippen LogP contribution in [0.1, 0.15) is 26.2 Å². The molecule has 0 radical (unpaired) electrons. The van der Waals surface area contributed by atoms with E-state index in [-0.39, 0.29) is 23.4 Å². The fraction of sp³-hybridized carbons (Fsp3) is 0.357. The van der Waals surface area contributed by atoms with Crippen molar-refractivity contribution in [1.82, 2.24) is 14.9 Å². The van der Waals surface area contributed by atoms with Gasteiger partial charge >= 0.3 is 0 Å². The Morgan fingerprint density at radius 2 is 1.82 bits per heavy atom. The molecular formula is C28H30N4O6. The van der Waals surface area contributed by atoms with Gasteiger partial charge in [0.25, 0.3) is 5.91 Å². The van der Waals surface area contributed by atoms with E-state index >= 15 is 0 Å². The summed E-state index contributed by atoms with van der Waals surface area (Å²) in [5, 5.41) is 3.49. The van der Waals surface area contributed by atoms with Gasteiger partial charge < -0.3 is 29.2 Å². The Labute approximate surface area is 220 Å². The molecule has 10 heteroatoms. The van der Waals surface area contributed by atoms with Gasteiger partial charge in [0.05, 0.1) is 31.5 Å². The molecule has 0 aliphatic carbocycles. The van der Waals surface area contributed by atoms with Gasteiger partial charge in [-0.1, -0.05) is 0 Å². The van der Waals surface area contributed by atoms with Crippen LogP contribution in [0.3, 0.4) is 0 Å². The normalized spacial score (nSPS) is 18.2. The minimum absolute atomic E-state index is 0.0435. The number of fused-ring (bicyclic) bond motifs is 1. The lowest BCUT2D eigenvalue weighted by Gasteiger charge is -2.40. The number of carbonyl (C=O) groups excluding carboxylic acids is 2. The number of nitrogens with zero attached hydrogens (tertiary/aromatic N) is 3. The highest BCUT2D eigenvalue weighted by atomic mass is 16.5.